The van der Waals surface area contributed by atoms with Crippen molar-refractivity contribution in [1.82, 2.24) is 9.55 Å². The third kappa shape index (κ3) is 4.25. The van der Waals surface area contributed by atoms with Crippen LogP contribution in [0.15, 0.2) is 56.9 Å². The SMILES string of the molecule is CCn1c(SCCOc2ccc(C)cc2)nc2ccc(Br)cc2c1=O. The molecule has 0 bridgehead atoms. The summed E-state index contributed by atoms with van der Waals surface area (Å²) in [5, 5.41) is 1.37. The minimum absolute atomic E-state index is 0.00393. The van der Waals surface area contributed by atoms with Gasteiger partial charge in [-0.3, -0.25) is 9.36 Å². The Morgan fingerprint density at radius 2 is 1.96 bits per heavy atom. The van der Waals surface area contributed by atoms with E-state index in [1.807, 2.05) is 56.3 Å². The minimum atomic E-state index is -0.00393. The summed E-state index contributed by atoms with van der Waals surface area (Å²) < 4.78 is 8.34. The second kappa shape index (κ2) is 8.06. The van der Waals surface area contributed by atoms with Crippen LogP contribution < -0.4 is 10.3 Å². The molecule has 0 amide bonds. The summed E-state index contributed by atoms with van der Waals surface area (Å²) in [6.07, 6.45) is 0. The molecule has 0 saturated carbocycles. The molecule has 2 aromatic carbocycles. The number of aromatic nitrogens is 2. The van der Waals surface area contributed by atoms with E-state index in [-0.39, 0.29) is 5.56 Å². The van der Waals surface area contributed by atoms with Crippen molar-refractivity contribution in [2.75, 3.05) is 12.4 Å². The van der Waals surface area contributed by atoms with E-state index >= 15 is 0 Å². The molecule has 0 spiro atoms. The zero-order valence-electron chi connectivity index (χ0n) is 14.2. The molecule has 1 aromatic heterocycles. The molecule has 4 nitrogen and oxygen atoms in total. The molecular weight excluding hydrogens is 400 g/mol. The predicted octanol–water partition coefficient (Wildman–Crippen LogP) is 4.66. The number of rotatable bonds is 6. The zero-order valence-corrected chi connectivity index (χ0v) is 16.6. The summed E-state index contributed by atoms with van der Waals surface area (Å²) in [6.45, 7) is 5.16. The van der Waals surface area contributed by atoms with Crippen LogP contribution in [-0.2, 0) is 6.54 Å². The maximum absolute atomic E-state index is 12.7. The molecule has 0 N–H and O–H groups in total. The van der Waals surface area contributed by atoms with Crippen molar-refractivity contribution < 1.29 is 4.74 Å². The third-order valence-corrected chi connectivity index (χ3v) is 5.24. The van der Waals surface area contributed by atoms with E-state index in [0.717, 1.165) is 26.6 Å². The van der Waals surface area contributed by atoms with E-state index in [1.165, 1.54) is 5.56 Å². The number of hydrogen-bond donors (Lipinski definition) is 0. The highest BCUT2D eigenvalue weighted by molar-refractivity contribution is 9.10. The molecule has 25 heavy (non-hydrogen) atoms. The van der Waals surface area contributed by atoms with Gasteiger partial charge in [-0.05, 0) is 44.2 Å². The smallest absolute Gasteiger partial charge is 0.262 e. The van der Waals surface area contributed by atoms with Crippen LogP contribution in [0.4, 0.5) is 0 Å². The van der Waals surface area contributed by atoms with Crippen LogP contribution in [0.5, 0.6) is 5.75 Å². The summed E-state index contributed by atoms with van der Waals surface area (Å²) in [5.74, 6) is 1.58. The number of hydrogen-bond acceptors (Lipinski definition) is 4. The molecule has 1 heterocycles. The van der Waals surface area contributed by atoms with Crippen molar-refractivity contribution in [2.24, 2.45) is 0 Å². The molecule has 6 heteroatoms. The summed E-state index contributed by atoms with van der Waals surface area (Å²) in [5.41, 5.74) is 1.93. The molecule has 0 fully saturated rings. The second-order valence-electron chi connectivity index (χ2n) is 5.62. The molecule has 0 aliphatic carbocycles. The fourth-order valence-corrected chi connectivity index (χ4v) is 3.73. The Labute approximate surface area is 159 Å². The fourth-order valence-electron chi connectivity index (χ4n) is 2.49. The van der Waals surface area contributed by atoms with E-state index < -0.39 is 0 Å². The number of fused-ring (bicyclic) bond motifs is 1. The minimum Gasteiger partial charge on any atom is -0.493 e. The maximum Gasteiger partial charge on any atom is 0.262 e. The van der Waals surface area contributed by atoms with Crippen molar-refractivity contribution in [2.45, 2.75) is 25.5 Å². The molecule has 0 saturated heterocycles. The molecule has 3 aromatic rings. The van der Waals surface area contributed by atoms with Crippen molar-refractivity contribution in [3.8, 4) is 5.75 Å². The lowest BCUT2D eigenvalue weighted by Crippen LogP contribution is -2.22. The normalized spacial score (nSPS) is 11.0. The molecule has 130 valence electrons. The first-order chi connectivity index (χ1) is 12.1. The van der Waals surface area contributed by atoms with Gasteiger partial charge in [0.1, 0.15) is 5.75 Å². The number of halogens is 1. The second-order valence-corrected chi connectivity index (χ2v) is 7.59. The standard InChI is InChI=1S/C19H19BrN2O2S/c1-3-22-18(23)16-12-14(20)6-9-17(16)21-19(22)25-11-10-24-15-7-4-13(2)5-8-15/h4-9,12H,3,10-11H2,1-2H3. The largest absolute Gasteiger partial charge is 0.493 e. The average Bonchev–Trinajstić information content (AvgIpc) is 2.61. The molecule has 0 radical (unpaired) electrons. The quantitative estimate of drug-likeness (QED) is 0.331. The lowest BCUT2D eigenvalue weighted by Gasteiger charge is -2.12. The van der Waals surface area contributed by atoms with Gasteiger partial charge in [-0.2, -0.15) is 0 Å². The fraction of sp³-hybridized carbons (Fsp3) is 0.263. The Morgan fingerprint density at radius 3 is 2.68 bits per heavy atom. The molecule has 0 unspecified atom stereocenters. The molecular formula is C19H19BrN2O2S. The van der Waals surface area contributed by atoms with Crippen LogP contribution in [0.2, 0.25) is 0 Å². The molecule has 0 aliphatic rings. The van der Waals surface area contributed by atoms with Crippen LogP contribution in [0.3, 0.4) is 0 Å². The summed E-state index contributed by atoms with van der Waals surface area (Å²) in [7, 11) is 0. The van der Waals surface area contributed by atoms with Gasteiger partial charge in [0.25, 0.3) is 5.56 Å². The van der Waals surface area contributed by atoms with E-state index in [2.05, 4.69) is 20.9 Å². The van der Waals surface area contributed by atoms with Gasteiger partial charge < -0.3 is 4.74 Å². The number of benzene rings is 2. The van der Waals surface area contributed by atoms with Gasteiger partial charge in [-0.1, -0.05) is 45.4 Å². The highest BCUT2D eigenvalue weighted by Crippen LogP contribution is 2.21. The zero-order chi connectivity index (χ0) is 17.8. The highest BCUT2D eigenvalue weighted by Gasteiger charge is 2.11. The predicted molar refractivity (Wildman–Crippen MR) is 107 cm³/mol. The highest BCUT2D eigenvalue weighted by atomic mass is 79.9. The summed E-state index contributed by atoms with van der Waals surface area (Å²) >= 11 is 4.95. The van der Waals surface area contributed by atoms with E-state index in [1.54, 1.807) is 16.3 Å². The van der Waals surface area contributed by atoms with Crippen molar-refractivity contribution in [3.63, 3.8) is 0 Å². The van der Waals surface area contributed by atoms with Gasteiger partial charge in [-0.25, -0.2) is 4.98 Å². The van der Waals surface area contributed by atoms with E-state index in [4.69, 9.17) is 4.74 Å². The van der Waals surface area contributed by atoms with Crippen molar-refractivity contribution in [3.05, 3.63) is 62.9 Å². The van der Waals surface area contributed by atoms with E-state index in [9.17, 15) is 4.79 Å². The van der Waals surface area contributed by atoms with E-state index in [0.29, 0.717) is 18.5 Å². The van der Waals surface area contributed by atoms with Gasteiger partial charge in [0.15, 0.2) is 5.16 Å². The molecule has 0 atom stereocenters. The van der Waals surface area contributed by atoms with Gasteiger partial charge in [0.05, 0.1) is 17.5 Å². The average molecular weight is 419 g/mol. The van der Waals surface area contributed by atoms with Gasteiger partial charge in [-0.15, -0.1) is 0 Å². The molecule has 3 rings (SSSR count). The first-order valence-corrected chi connectivity index (χ1v) is 9.88. The Morgan fingerprint density at radius 1 is 1.20 bits per heavy atom. The van der Waals surface area contributed by atoms with Crippen molar-refractivity contribution in [1.29, 1.82) is 0 Å². The van der Waals surface area contributed by atoms with Gasteiger partial charge in [0, 0.05) is 16.8 Å². The number of ether oxygens (including phenoxy) is 1. The first-order valence-electron chi connectivity index (χ1n) is 8.11. The van der Waals surface area contributed by atoms with Crippen LogP contribution >= 0.6 is 27.7 Å². The van der Waals surface area contributed by atoms with Crippen LogP contribution in [0.1, 0.15) is 12.5 Å². The Balaban J connectivity index is 1.73. The lowest BCUT2D eigenvalue weighted by atomic mass is 10.2. The maximum atomic E-state index is 12.7. The van der Waals surface area contributed by atoms with Gasteiger partial charge >= 0.3 is 0 Å². The van der Waals surface area contributed by atoms with Crippen molar-refractivity contribution >= 4 is 38.6 Å². The van der Waals surface area contributed by atoms with Gasteiger partial charge in [0.2, 0.25) is 0 Å². The Kier molecular flexibility index (Phi) is 5.81. The number of aryl methyl sites for hydroxylation is 1. The first kappa shape index (κ1) is 18.0. The Bertz CT molecular complexity index is 939. The van der Waals surface area contributed by atoms with Crippen LogP contribution in [-0.4, -0.2) is 21.9 Å². The number of nitrogens with zero attached hydrogens (tertiary/aromatic N) is 2. The van der Waals surface area contributed by atoms with Crippen LogP contribution in [0, 0.1) is 6.92 Å². The number of thioether (sulfide) groups is 1. The summed E-state index contributed by atoms with van der Waals surface area (Å²) in [4.78, 5) is 17.3. The third-order valence-electron chi connectivity index (χ3n) is 3.80. The Hall–Kier alpha value is -1.79. The topological polar surface area (TPSA) is 44.1 Å². The summed E-state index contributed by atoms with van der Waals surface area (Å²) in [6, 6.07) is 13.6. The van der Waals surface area contributed by atoms with Crippen LogP contribution in [0.25, 0.3) is 10.9 Å². The molecule has 0 aliphatic heterocycles. The lowest BCUT2D eigenvalue weighted by molar-refractivity contribution is 0.343. The monoisotopic (exact) mass is 418 g/mol.